The Balaban J connectivity index is 2.38. The normalized spacial score (nSPS) is 13.1. The number of nitrogens with two attached hydrogens (primary N) is 1. The van der Waals surface area contributed by atoms with Crippen molar-refractivity contribution in [2.45, 2.75) is 6.04 Å². The maximum Gasteiger partial charge on any atom is 0.198 e. The van der Waals surface area contributed by atoms with E-state index in [9.17, 15) is 0 Å². The number of hydrogen-bond acceptors (Lipinski definition) is 3. The van der Waals surface area contributed by atoms with E-state index in [4.69, 9.17) is 21.8 Å². The maximum atomic E-state index is 5.98. The Labute approximate surface area is 86.3 Å². The Morgan fingerprint density at radius 3 is 2.93 bits per heavy atom. The average Bonchev–Trinajstić information content (AvgIpc) is 2.73. The summed E-state index contributed by atoms with van der Waals surface area (Å²) >= 11 is 5.82. The van der Waals surface area contributed by atoms with Gasteiger partial charge in [0.25, 0.3) is 0 Å². The number of furan rings is 1. The predicted octanol–water partition coefficient (Wildman–Crippen LogP) is 1.71. The summed E-state index contributed by atoms with van der Waals surface area (Å²) in [5.41, 5.74) is 6.73. The van der Waals surface area contributed by atoms with Crippen molar-refractivity contribution in [3.63, 3.8) is 0 Å². The fourth-order valence-corrected chi connectivity index (χ4v) is 1.57. The van der Waals surface area contributed by atoms with Crippen LogP contribution in [0.2, 0.25) is 5.22 Å². The van der Waals surface area contributed by atoms with E-state index in [1.165, 1.54) is 6.26 Å². The summed E-state index contributed by atoms with van der Waals surface area (Å²) in [7, 11) is 1.89. The molecule has 4 nitrogen and oxygen atoms in total. The number of hydrogen-bond donors (Lipinski definition) is 1. The summed E-state index contributed by atoms with van der Waals surface area (Å²) in [5, 5.41) is 0.320. The SMILES string of the molecule is Cn1ccnc1C(N)c1ccoc1Cl. The molecular weight excluding hydrogens is 202 g/mol. The number of aromatic nitrogens is 2. The fourth-order valence-electron chi connectivity index (χ4n) is 1.34. The van der Waals surface area contributed by atoms with Crippen LogP contribution >= 0.6 is 11.6 Å². The van der Waals surface area contributed by atoms with Gasteiger partial charge in [-0.1, -0.05) is 0 Å². The third-order valence-electron chi connectivity index (χ3n) is 2.12. The highest BCUT2D eigenvalue weighted by atomic mass is 35.5. The van der Waals surface area contributed by atoms with Crippen LogP contribution in [-0.4, -0.2) is 9.55 Å². The van der Waals surface area contributed by atoms with Gasteiger partial charge < -0.3 is 14.7 Å². The van der Waals surface area contributed by atoms with Crippen molar-refractivity contribution >= 4 is 11.6 Å². The van der Waals surface area contributed by atoms with Crippen LogP contribution in [0, 0.1) is 0 Å². The van der Waals surface area contributed by atoms with E-state index >= 15 is 0 Å². The summed E-state index contributed by atoms with van der Waals surface area (Å²) in [4.78, 5) is 4.15. The highest BCUT2D eigenvalue weighted by molar-refractivity contribution is 6.29. The second kappa shape index (κ2) is 3.48. The Morgan fingerprint density at radius 1 is 1.64 bits per heavy atom. The zero-order valence-corrected chi connectivity index (χ0v) is 8.40. The van der Waals surface area contributed by atoms with E-state index in [-0.39, 0.29) is 6.04 Å². The molecule has 0 aliphatic rings. The summed E-state index contributed by atoms with van der Waals surface area (Å²) in [6.07, 6.45) is 5.05. The van der Waals surface area contributed by atoms with Crippen LogP contribution in [0.15, 0.2) is 29.1 Å². The molecule has 0 saturated carbocycles. The van der Waals surface area contributed by atoms with Gasteiger partial charge in [-0.15, -0.1) is 0 Å². The maximum absolute atomic E-state index is 5.98. The molecule has 5 heteroatoms. The van der Waals surface area contributed by atoms with E-state index in [0.29, 0.717) is 5.22 Å². The van der Waals surface area contributed by atoms with Crippen molar-refractivity contribution in [1.82, 2.24) is 9.55 Å². The molecule has 2 aromatic heterocycles. The Morgan fingerprint density at radius 2 is 2.43 bits per heavy atom. The van der Waals surface area contributed by atoms with Crippen LogP contribution in [0.5, 0.6) is 0 Å². The molecule has 1 unspecified atom stereocenters. The minimum absolute atomic E-state index is 0.320. The van der Waals surface area contributed by atoms with Crippen molar-refractivity contribution in [2.75, 3.05) is 0 Å². The first-order valence-corrected chi connectivity index (χ1v) is 4.53. The summed E-state index contributed by atoms with van der Waals surface area (Å²) in [5.74, 6) is 0.758. The van der Waals surface area contributed by atoms with Crippen molar-refractivity contribution in [2.24, 2.45) is 12.8 Å². The monoisotopic (exact) mass is 211 g/mol. The van der Waals surface area contributed by atoms with Gasteiger partial charge >= 0.3 is 0 Å². The van der Waals surface area contributed by atoms with Gasteiger partial charge in [0.1, 0.15) is 5.82 Å². The molecule has 0 aliphatic carbocycles. The summed E-state index contributed by atoms with van der Waals surface area (Å²) in [6, 6.07) is 1.41. The number of rotatable bonds is 2. The van der Waals surface area contributed by atoms with Crippen molar-refractivity contribution < 1.29 is 4.42 Å². The Kier molecular flexibility index (Phi) is 2.31. The van der Waals surface area contributed by atoms with Crippen molar-refractivity contribution in [3.05, 3.63) is 41.3 Å². The third-order valence-corrected chi connectivity index (χ3v) is 2.43. The molecule has 0 amide bonds. The Hall–Kier alpha value is -1.26. The Bertz CT molecular complexity index is 394. The van der Waals surface area contributed by atoms with Gasteiger partial charge in [0.05, 0.1) is 12.3 Å². The minimum Gasteiger partial charge on any atom is -0.453 e. The lowest BCUT2D eigenvalue weighted by Crippen LogP contribution is -2.16. The van der Waals surface area contributed by atoms with Crippen LogP contribution in [0.3, 0.4) is 0 Å². The van der Waals surface area contributed by atoms with Crippen LogP contribution in [0.4, 0.5) is 0 Å². The quantitative estimate of drug-likeness (QED) is 0.823. The number of halogens is 1. The first-order chi connectivity index (χ1) is 6.70. The predicted molar refractivity (Wildman–Crippen MR) is 53.0 cm³/mol. The van der Waals surface area contributed by atoms with Gasteiger partial charge in [-0.25, -0.2) is 4.98 Å². The molecule has 0 bridgehead atoms. The van der Waals surface area contributed by atoms with Crippen molar-refractivity contribution in [3.8, 4) is 0 Å². The largest absolute Gasteiger partial charge is 0.453 e. The second-order valence-corrected chi connectivity index (χ2v) is 3.37. The van der Waals surface area contributed by atoms with Crippen LogP contribution in [-0.2, 0) is 7.05 Å². The molecule has 2 rings (SSSR count). The topological polar surface area (TPSA) is 57.0 Å². The van der Waals surface area contributed by atoms with Crippen LogP contribution < -0.4 is 5.73 Å². The molecule has 2 heterocycles. The van der Waals surface area contributed by atoms with Gasteiger partial charge in [-0.05, 0) is 17.7 Å². The van der Waals surface area contributed by atoms with Gasteiger partial charge in [0.2, 0.25) is 0 Å². The van der Waals surface area contributed by atoms with Crippen molar-refractivity contribution in [1.29, 1.82) is 0 Å². The molecular formula is C9H10ClN3O. The molecule has 0 fully saturated rings. The average molecular weight is 212 g/mol. The highest BCUT2D eigenvalue weighted by Gasteiger charge is 2.17. The molecule has 14 heavy (non-hydrogen) atoms. The zero-order chi connectivity index (χ0) is 10.1. The van der Waals surface area contributed by atoms with Crippen LogP contribution in [0.1, 0.15) is 17.4 Å². The molecule has 0 radical (unpaired) electrons. The molecule has 2 N–H and O–H groups in total. The lowest BCUT2D eigenvalue weighted by molar-refractivity contribution is 0.562. The van der Waals surface area contributed by atoms with Gasteiger partial charge in [0, 0.05) is 25.0 Å². The lowest BCUT2D eigenvalue weighted by atomic mass is 10.1. The van der Waals surface area contributed by atoms with E-state index < -0.39 is 0 Å². The van der Waals surface area contributed by atoms with Crippen LogP contribution in [0.25, 0.3) is 0 Å². The second-order valence-electron chi connectivity index (χ2n) is 3.02. The van der Waals surface area contributed by atoms with Gasteiger partial charge in [-0.3, -0.25) is 0 Å². The standard InChI is InChI=1S/C9H10ClN3O/c1-13-4-3-12-9(13)7(11)6-2-5-14-8(6)10/h2-5,7H,11H2,1H3. The van der Waals surface area contributed by atoms with Gasteiger partial charge in [-0.2, -0.15) is 0 Å². The molecule has 0 saturated heterocycles. The van der Waals surface area contributed by atoms with E-state index in [0.717, 1.165) is 11.4 Å². The number of imidazole rings is 1. The molecule has 2 aromatic rings. The van der Waals surface area contributed by atoms with E-state index in [2.05, 4.69) is 4.98 Å². The minimum atomic E-state index is -0.346. The summed E-state index contributed by atoms with van der Waals surface area (Å²) in [6.45, 7) is 0. The molecule has 1 atom stereocenters. The highest BCUT2D eigenvalue weighted by Crippen LogP contribution is 2.25. The smallest absolute Gasteiger partial charge is 0.198 e. The lowest BCUT2D eigenvalue weighted by Gasteiger charge is -2.09. The first kappa shape index (κ1) is 9.30. The zero-order valence-electron chi connectivity index (χ0n) is 7.64. The van der Waals surface area contributed by atoms with E-state index in [1.807, 2.05) is 17.8 Å². The molecule has 0 aliphatic heterocycles. The molecule has 74 valence electrons. The fraction of sp³-hybridized carbons (Fsp3) is 0.222. The third kappa shape index (κ3) is 1.42. The number of nitrogens with zero attached hydrogens (tertiary/aromatic N) is 2. The van der Waals surface area contributed by atoms with Gasteiger partial charge in [0.15, 0.2) is 5.22 Å². The summed E-state index contributed by atoms with van der Waals surface area (Å²) < 4.78 is 6.83. The number of aryl methyl sites for hydroxylation is 1. The molecule has 0 aromatic carbocycles. The first-order valence-electron chi connectivity index (χ1n) is 4.16. The molecule has 0 spiro atoms. The van der Waals surface area contributed by atoms with E-state index in [1.54, 1.807) is 12.3 Å².